The molecule has 0 spiro atoms. The first-order chi connectivity index (χ1) is 7.70. The van der Waals surface area contributed by atoms with Crippen molar-refractivity contribution in [1.29, 1.82) is 0 Å². The molecule has 0 aromatic heterocycles. The van der Waals surface area contributed by atoms with Crippen LogP contribution in [0.15, 0.2) is 0 Å². The molecule has 0 amide bonds. The standard InChI is InChI=1S/C10H18O6/c1-3-16-9(11)4-5-14-6-7-15-8-10(12)13-2/h3-8H2,1-2H3. The molecule has 16 heavy (non-hydrogen) atoms. The van der Waals surface area contributed by atoms with Crippen LogP contribution in [0.3, 0.4) is 0 Å². The van der Waals surface area contributed by atoms with Crippen LogP contribution < -0.4 is 0 Å². The second-order valence-corrected chi connectivity index (χ2v) is 2.80. The molecule has 0 aliphatic heterocycles. The number of carbonyl (C=O) groups is 2. The van der Waals surface area contributed by atoms with Gasteiger partial charge in [0.05, 0.1) is 40.0 Å². The fourth-order valence-corrected chi connectivity index (χ4v) is 0.823. The number of rotatable bonds is 9. The predicted molar refractivity (Wildman–Crippen MR) is 54.9 cm³/mol. The Morgan fingerprint density at radius 2 is 1.69 bits per heavy atom. The third kappa shape index (κ3) is 9.42. The van der Waals surface area contributed by atoms with Crippen LogP contribution >= 0.6 is 0 Å². The Bertz CT molecular complexity index is 203. The van der Waals surface area contributed by atoms with Gasteiger partial charge in [0, 0.05) is 0 Å². The Labute approximate surface area is 94.8 Å². The lowest BCUT2D eigenvalue weighted by Crippen LogP contribution is -2.14. The zero-order chi connectivity index (χ0) is 12.2. The van der Waals surface area contributed by atoms with Crippen molar-refractivity contribution in [3.63, 3.8) is 0 Å². The summed E-state index contributed by atoms with van der Waals surface area (Å²) in [7, 11) is 1.29. The summed E-state index contributed by atoms with van der Waals surface area (Å²) < 4.78 is 19.1. The Kier molecular flexibility index (Phi) is 9.64. The average Bonchev–Trinajstić information content (AvgIpc) is 2.27. The number of methoxy groups -OCH3 is 1. The van der Waals surface area contributed by atoms with Gasteiger partial charge in [-0.1, -0.05) is 0 Å². The van der Waals surface area contributed by atoms with Gasteiger partial charge in [-0.15, -0.1) is 0 Å². The molecule has 0 saturated carbocycles. The van der Waals surface area contributed by atoms with Crippen LogP contribution in [-0.2, 0) is 28.5 Å². The second kappa shape index (κ2) is 10.4. The molecule has 6 heteroatoms. The number of hydrogen-bond donors (Lipinski definition) is 0. The SMILES string of the molecule is CCOC(=O)CCOCCOCC(=O)OC. The van der Waals surface area contributed by atoms with Crippen molar-refractivity contribution in [3.05, 3.63) is 0 Å². The molecule has 0 aliphatic carbocycles. The quantitative estimate of drug-likeness (QED) is 0.417. The summed E-state index contributed by atoms with van der Waals surface area (Å²) in [4.78, 5) is 21.5. The Balaban J connectivity index is 3.15. The minimum atomic E-state index is -0.425. The van der Waals surface area contributed by atoms with E-state index in [9.17, 15) is 9.59 Å². The second-order valence-electron chi connectivity index (χ2n) is 2.80. The van der Waals surface area contributed by atoms with Crippen molar-refractivity contribution in [2.24, 2.45) is 0 Å². The highest BCUT2D eigenvalue weighted by atomic mass is 16.6. The van der Waals surface area contributed by atoms with Gasteiger partial charge in [-0.05, 0) is 6.92 Å². The van der Waals surface area contributed by atoms with Crippen molar-refractivity contribution < 1.29 is 28.5 Å². The Morgan fingerprint density at radius 3 is 2.31 bits per heavy atom. The summed E-state index contributed by atoms with van der Waals surface area (Å²) in [5.41, 5.74) is 0. The fourth-order valence-electron chi connectivity index (χ4n) is 0.823. The maximum atomic E-state index is 10.9. The molecule has 94 valence electrons. The molecular weight excluding hydrogens is 216 g/mol. The van der Waals surface area contributed by atoms with Crippen LogP contribution in [0.2, 0.25) is 0 Å². The predicted octanol–water partition coefficient (Wildman–Crippen LogP) is 0.146. The minimum Gasteiger partial charge on any atom is -0.467 e. The van der Waals surface area contributed by atoms with Gasteiger partial charge < -0.3 is 18.9 Å². The molecule has 0 N–H and O–H groups in total. The van der Waals surface area contributed by atoms with Crippen LogP contribution in [0.4, 0.5) is 0 Å². The van der Waals surface area contributed by atoms with E-state index in [0.29, 0.717) is 19.8 Å². The largest absolute Gasteiger partial charge is 0.467 e. The number of hydrogen-bond acceptors (Lipinski definition) is 6. The van der Waals surface area contributed by atoms with Gasteiger partial charge in [0.1, 0.15) is 6.61 Å². The maximum absolute atomic E-state index is 10.9. The molecule has 0 heterocycles. The van der Waals surface area contributed by atoms with E-state index in [1.807, 2.05) is 0 Å². The minimum absolute atomic E-state index is 0.0856. The Hall–Kier alpha value is -1.14. The summed E-state index contributed by atoms with van der Waals surface area (Å²) >= 11 is 0. The van der Waals surface area contributed by atoms with Gasteiger partial charge >= 0.3 is 11.9 Å². The molecule has 6 nitrogen and oxygen atoms in total. The summed E-state index contributed by atoms with van der Waals surface area (Å²) in [5.74, 6) is -0.704. The van der Waals surface area contributed by atoms with Crippen molar-refractivity contribution in [2.75, 3.05) is 40.1 Å². The first-order valence-electron chi connectivity index (χ1n) is 5.08. The first-order valence-corrected chi connectivity index (χ1v) is 5.08. The van der Waals surface area contributed by atoms with Crippen molar-refractivity contribution in [2.45, 2.75) is 13.3 Å². The molecule has 0 radical (unpaired) electrons. The van der Waals surface area contributed by atoms with Gasteiger partial charge in [0.25, 0.3) is 0 Å². The number of esters is 2. The molecule has 0 aromatic rings. The fraction of sp³-hybridized carbons (Fsp3) is 0.800. The molecule has 0 fully saturated rings. The van der Waals surface area contributed by atoms with E-state index in [1.165, 1.54) is 7.11 Å². The lowest BCUT2D eigenvalue weighted by Gasteiger charge is -2.04. The Morgan fingerprint density at radius 1 is 1.00 bits per heavy atom. The summed E-state index contributed by atoms with van der Waals surface area (Å²) in [6.45, 7) is 2.95. The molecule has 0 atom stereocenters. The summed E-state index contributed by atoms with van der Waals surface area (Å²) in [5, 5.41) is 0. The average molecular weight is 234 g/mol. The maximum Gasteiger partial charge on any atom is 0.331 e. The molecule has 0 rings (SSSR count). The zero-order valence-electron chi connectivity index (χ0n) is 9.69. The summed E-state index contributed by atoms with van der Waals surface area (Å²) in [6.07, 6.45) is 0.227. The monoisotopic (exact) mass is 234 g/mol. The lowest BCUT2D eigenvalue weighted by atomic mass is 10.5. The van der Waals surface area contributed by atoms with Gasteiger partial charge in [0.15, 0.2) is 0 Å². The number of carbonyl (C=O) groups excluding carboxylic acids is 2. The van der Waals surface area contributed by atoms with Crippen molar-refractivity contribution in [1.82, 2.24) is 0 Å². The third-order valence-corrected chi connectivity index (χ3v) is 1.58. The highest BCUT2D eigenvalue weighted by Crippen LogP contribution is 1.88. The highest BCUT2D eigenvalue weighted by molar-refractivity contribution is 5.70. The van der Waals surface area contributed by atoms with Crippen molar-refractivity contribution >= 4 is 11.9 Å². The molecule has 0 aliphatic rings. The first kappa shape index (κ1) is 14.9. The highest BCUT2D eigenvalue weighted by Gasteiger charge is 2.01. The topological polar surface area (TPSA) is 71.1 Å². The van der Waals surface area contributed by atoms with Crippen LogP contribution in [0.5, 0.6) is 0 Å². The van der Waals surface area contributed by atoms with Crippen LogP contribution in [0.25, 0.3) is 0 Å². The van der Waals surface area contributed by atoms with E-state index < -0.39 is 5.97 Å². The van der Waals surface area contributed by atoms with Gasteiger partial charge in [-0.2, -0.15) is 0 Å². The summed E-state index contributed by atoms with van der Waals surface area (Å²) in [6, 6.07) is 0. The third-order valence-electron chi connectivity index (χ3n) is 1.58. The van der Waals surface area contributed by atoms with Gasteiger partial charge in [-0.3, -0.25) is 4.79 Å². The molecular formula is C10H18O6. The lowest BCUT2D eigenvalue weighted by molar-refractivity contribution is -0.146. The molecule has 0 bridgehead atoms. The molecule has 0 unspecified atom stereocenters. The zero-order valence-corrected chi connectivity index (χ0v) is 9.69. The molecule has 0 aromatic carbocycles. The van der Waals surface area contributed by atoms with Gasteiger partial charge in [0.2, 0.25) is 0 Å². The van der Waals surface area contributed by atoms with E-state index in [0.717, 1.165) is 0 Å². The smallest absolute Gasteiger partial charge is 0.331 e. The van der Waals surface area contributed by atoms with E-state index in [-0.39, 0.29) is 25.6 Å². The van der Waals surface area contributed by atoms with Crippen LogP contribution in [0, 0.1) is 0 Å². The number of ether oxygens (including phenoxy) is 4. The van der Waals surface area contributed by atoms with Crippen LogP contribution in [-0.4, -0.2) is 52.1 Å². The molecule has 0 saturated heterocycles. The van der Waals surface area contributed by atoms with Gasteiger partial charge in [-0.25, -0.2) is 4.79 Å². The van der Waals surface area contributed by atoms with E-state index in [2.05, 4.69) is 4.74 Å². The van der Waals surface area contributed by atoms with E-state index >= 15 is 0 Å². The van der Waals surface area contributed by atoms with Crippen LogP contribution in [0.1, 0.15) is 13.3 Å². The van der Waals surface area contributed by atoms with E-state index in [1.54, 1.807) is 6.92 Å². The van der Waals surface area contributed by atoms with E-state index in [4.69, 9.17) is 14.2 Å². The van der Waals surface area contributed by atoms with Crippen molar-refractivity contribution in [3.8, 4) is 0 Å². The normalized spacial score (nSPS) is 9.88.